The van der Waals surface area contributed by atoms with E-state index < -0.39 is 28.5 Å². The normalized spacial score (nSPS) is 12.2. The first-order valence-electron chi connectivity index (χ1n) is 11.4. The minimum absolute atomic E-state index is 0.0125. The zero-order chi connectivity index (χ0) is 27.2. The maximum absolute atomic E-state index is 13.8. The second kappa shape index (κ2) is 12.7. The topological polar surface area (TPSA) is 96.0 Å². The summed E-state index contributed by atoms with van der Waals surface area (Å²) in [6.07, 6.45) is 1.33. The molecule has 0 saturated carbocycles. The monoisotopic (exact) mass is 557 g/mol. The zero-order valence-corrected chi connectivity index (χ0v) is 23.7. The molecule has 2 rings (SSSR count). The summed E-state index contributed by atoms with van der Waals surface area (Å²) < 4.78 is 32.0. The summed E-state index contributed by atoms with van der Waals surface area (Å²) in [6, 6.07) is 8.93. The van der Waals surface area contributed by atoms with Gasteiger partial charge in [0.05, 0.1) is 19.1 Å². The van der Waals surface area contributed by atoms with Crippen LogP contribution in [-0.4, -0.2) is 57.1 Å². The minimum Gasteiger partial charge on any atom is -0.495 e. The van der Waals surface area contributed by atoms with Crippen molar-refractivity contribution < 1.29 is 22.7 Å². The van der Waals surface area contributed by atoms with Crippen LogP contribution in [0.2, 0.25) is 10.0 Å². The van der Waals surface area contributed by atoms with Crippen LogP contribution in [0.25, 0.3) is 0 Å². The summed E-state index contributed by atoms with van der Waals surface area (Å²) >= 11 is 12.4. The lowest BCUT2D eigenvalue weighted by molar-refractivity contribution is -0.140. The Morgan fingerprint density at radius 3 is 2.31 bits per heavy atom. The van der Waals surface area contributed by atoms with E-state index in [1.807, 2.05) is 20.8 Å². The van der Waals surface area contributed by atoms with Crippen molar-refractivity contribution in [1.82, 2.24) is 10.2 Å². The van der Waals surface area contributed by atoms with Gasteiger partial charge < -0.3 is 15.0 Å². The molecule has 2 amide bonds. The van der Waals surface area contributed by atoms with E-state index in [0.29, 0.717) is 27.8 Å². The second-order valence-corrected chi connectivity index (χ2v) is 11.5. The minimum atomic E-state index is -3.89. The molecule has 0 unspecified atom stereocenters. The summed E-state index contributed by atoms with van der Waals surface area (Å²) in [5.41, 5.74) is 1.60. The van der Waals surface area contributed by atoms with Gasteiger partial charge in [-0.3, -0.25) is 13.9 Å². The standard InChI is InChI=1S/C25H33Cl2N3O5S/c1-7-21(25(32)28-16(2)3)29(14-18-9-10-19(26)13-20(18)27)24(31)15-30(36(6,33)34)22-12-17(4)8-11-23(22)35-5/h8-13,16,21H,7,14-15H2,1-6H3,(H,28,32)/t21-/m0/s1. The predicted octanol–water partition coefficient (Wildman–Crippen LogP) is 4.41. The lowest BCUT2D eigenvalue weighted by atomic mass is 10.1. The molecule has 1 atom stereocenters. The summed E-state index contributed by atoms with van der Waals surface area (Å²) in [5, 5.41) is 3.61. The lowest BCUT2D eigenvalue weighted by Crippen LogP contribution is -2.53. The maximum atomic E-state index is 13.8. The van der Waals surface area contributed by atoms with Gasteiger partial charge in [0.15, 0.2) is 0 Å². The highest BCUT2D eigenvalue weighted by molar-refractivity contribution is 7.92. The predicted molar refractivity (Wildman–Crippen MR) is 144 cm³/mol. The number of rotatable bonds is 11. The second-order valence-electron chi connectivity index (χ2n) is 8.79. The number of hydrogen-bond acceptors (Lipinski definition) is 5. The fraction of sp³-hybridized carbons (Fsp3) is 0.440. The fourth-order valence-electron chi connectivity index (χ4n) is 3.72. The third-order valence-corrected chi connectivity index (χ3v) is 7.17. The Morgan fingerprint density at radius 2 is 1.78 bits per heavy atom. The molecule has 11 heteroatoms. The van der Waals surface area contributed by atoms with Crippen molar-refractivity contribution in [1.29, 1.82) is 0 Å². The van der Waals surface area contributed by atoms with Crippen molar-refractivity contribution in [2.24, 2.45) is 0 Å². The van der Waals surface area contributed by atoms with Gasteiger partial charge in [0.1, 0.15) is 18.3 Å². The molecule has 0 aromatic heterocycles. The Hall–Kier alpha value is -2.49. The molecule has 0 aliphatic carbocycles. The molecule has 0 aliphatic rings. The van der Waals surface area contributed by atoms with Gasteiger partial charge in [-0.05, 0) is 62.6 Å². The molecule has 0 heterocycles. The molecule has 198 valence electrons. The van der Waals surface area contributed by atoms with Crippen molar-refractivity contribution in [2.45, 2.75) is 52.7 Å². The Bertz CT molecular complexity index is 1200. The van der Waals surface area contributed by atoms with Crippen LogP contribution in [0.15, 0.2) is 36.4 Å². The van der Waals surface area contributed by atoms with Crippen LogP contribution in [0.1, 0.15) is 38.3 Å². The average Bonchev–Trinajstić information content (AvgIpc) is 2.77. The fourth-order valence-corrected chi connectivity index (χ4v) is 5.04. The quantitative estimate of drug-likeness (QED) is 0.441. The van der Waals surface area contributed by atoms with Gasteiger partial charge in [-0.2, -0.15) is 0 Å². The SMILES string of the molecule is CC[C@@H](C(=O)NC(C)C)N(Cc1ccc(Cl)cc1Cl)C(=O)CN(c1cc(C)ccc1OC)S(C)(=O)=O. The third kappa shape index (κ3) is 7.75. The van der Waals surface area contributed by atoms with Crippen LogP contribution >= 0.6 is 23.2 Å². The molecule has 2 aromatic carbocycles. The Morgan fingerprint density at radius 1 is 1.11 bits per heavy atom. The lowest BCUT2D eigenvalue weighted by Gasteiger charge is -2.33. The van der Waals surface area contributed by atoms with Gasteiger partial charge in [0.25, 0.3) is 0 Å². The number of benzene rings is 2. The summed E-state index contributed by atoms with van der Waals surface area (Å²) in [5.74, 6) is -0.610. The maximum Gasteiger partial charge on any atom is 0.244 e. The van der Waals surface area contributed by atoms with E-state index in [0.717, 1.165) is 16.1 Å². The molecular formula is C25H33Cl2N3O5S. The van der Waals surface area contributed by atoms with Crippen molar-refractivity contribution in [2.75, 3.05) is 24.2 Å². The van der Waals surface area contributed by atoms with Crippen LogP contribution in [0.4, 0.5) is 5.69 Å². The smallest absolute Gasteiger partial charge is 0.244 e. The molecule has 1 N–H and O–H groups in total. The average molecular weight is 559 g/mol. The zero-order valence-electron chi connectivity index (χ0n) is 21.3. The molecule has 0 aliphatic heterocycles. The Kier molecular flexibility index (Phi) is 10.5. The van der Waals surface area contributed by atoms with Gasteiger partial charge in [0, 0.05) is 22.6 Å². The largest absolute Gasteiger partial charge is 0.495 e. The number of nitrogens with zero attached hydrogens (tertiary/aromatic N) is 2. The molecule has 0 saturated heterocycles. The number of halogens is 2. The van der Waals surface area contributed by atoms with Crippen molar-refractivity contribution in [3.8, 4) is 5.75 Å². The first-order valence-corrected chi connectivity index (χ1v) is 14.0. The molecule has 8 nitrogen and oxygen atoms in total. The van der Waals surface area contributed by atoms with Gasteiger partial charge in [0.2, 0.25) is 21.8 Å². The molecule has 36 heavy (non-hydrogen) atoms. The Labute approximate surface area is 223 Å². The number of carbonyl (C=O) groups excluding carboxylic acids is 2. The summed E-state index contributed by atoms with van der Waals surface area (Å²) in [4.78, 5) is 28.2. The van der Waals surface area contributed by atoms with Crippen molar-refractivity contribution >= 4 is 50.7 Å². The number of carbonyl (C=O) groups is 2. The van der Waals surface area contributed by atoms with Crippen molar-refractivity contribution in [3.05, 3.63) is 57.6 Å². The molecular weight excluding hydrogens is 525 g/mol. The summed E-state index contributed by atoms with van der Waals surface area (Å²) in [6.45, 7) is 6.69. The van der Waals surface area contributed by atoms with Gasteiger partial charge >= 0.3 is 0 Å². The van der Waals surface area contributed by atoms with Crippen LogP contribution in [-0.2, 0) is 26.2 Å². The van der Waals surface area contributed by atoms with E-state index >= 15 is 0 Å². The first kappa shape index (κ1) is 29.7. The molecule has 0 fully saturated rings. The Balaban J connectivity index is 2.55. The first-order chi connectivity index (χ1) is 16.8. The third-order valence-electron chi connectivity index (χ3n) is 5.45. The number of methoxy groups -OCH3 is 1. The highest BCUT2D eigenvalue weighted by Gasteiger charge is 2.33. The van der Waals surface area contributed by atoms with Gasteiger partial charge in [-0.1, -0.05) is 42.3 Å². The van der Waals surface area contributed by atoms with Crippen LogP contribution in [0, 0.1) is 6.92 Å². The molecule has 2 aromatic rings. The van der Waals surface area contributed by atoms with Crippen LogP contribution in [0.3, 0.4) is 0 Å². The number of amides is 2. The summed E-state index contributed by atoms with van der Waals surface area (Å²) in [7, 11) is -2.47. The molecule has 0 spiro atoms. The number of nitrogens with one attached hydrogen (secondary N) is 1. The van der Waals surface area contributed by atoms with Crippen molar-refractivity contribution in [3.63, 3.8) is 0 Å². The number of aryl methyl sites for hydroxylation is 1. The number of ether oxygens (including phenoxy) is 1. The number of hydrogen-bond donors (Lipinski definition) is 1. The van der Waals surface area contributed by atoms with Crippen LogP contribution < -0.4 is 14.4 Å². The van der Waals surface area contributed by atoms with Crippen LogP contribution in [0.5, 0.6) is 5.75 Å². The van der Waals surface area contributed by atoms with E-state index in [1.54, 1.807) is 43.3 Å². The highest BCUT2D eigenvalue weighted by atomic mass is 35.5. The highest BCUT2D eigenvalue weighted by Crippen LogP contribution is 2.31. The number of sulfonamides is 1. The number of anilines is 1. The van der Waals surface area contributed by atoms with E-state index in [2.05, 4.69) is 5.32 Å². The van der Waals surface area contributed by atoms with E-state index in [9.17, 15) is 18.0 Å². The van der Waals surface area contributed by atoms with E-state index in [-0.39, 0.29) is 24.2 Å². The molecule has 0 bridgehead atoms. The van der Waals surface area contributed by atoms with Gasteiger partial charge in [-0.15, -0.1) is 0 Å². The van der Waals surface area contributed by atoms with Gasteiger partial charge in [-0.25, -0.2) is 8.42 Å². The van der Waals surface area contributed by atoms with E-state index in [4.69, 9.17) is 27.9 Å². The van der Waals surface area contributed by atoms with E-state index in [1.165, 1.54) is 12.0 Å². The molecule has 0 radical (unpaired) electrons.